The predicted molar refractivity (Wildman–Crippen MR) is 122 cm³/mol. The van der Waals surface area contributed by atoms with Crippen molar-refractivity contribution in [2.75, 3.05) is 26.9 Å². The molecule has 0 radical (unpaired) electrons. The monoisotopic (exact) mass is 411 g/mol. The van der Waals surface area contributed by atoms with E-state index in [1.165, 1.54) is 7.11 Å². The van der Waals surface area contributed by atoms with Crippen LogP contribution in [0, 0.1) is 13.8 Å². The van der Waals surface area contributed by atoms with Crippen LogP contribution < -0.4 is 14.2 Å². The van der Waals surface area contributed by atoms with Crippen LogP contribution in [0.3, 0.4) is 0 Å². The van der Waals surface area contributed by atoms with E-state index in [0.717, 1.165) is 53.2 Å². The van der Waals surface area contributed by atoms with Crippen molar-refractivity contribution in [2.24, 2.45) is 5.16 Å². The molecule has 5 nitrogen and oxygen atoms in total. The SMILES string of the molecule is C/C=C/COc1cc(C)c(OCCCCOc2cccc(CC=NOC)c2)c(C)c1. The summed E-state index contributed by atoms with van der Waals surface area (Å²) >= 11 is 0. The van der Waals surface area contributed by atoms with Gasteiger partial charge in [0.2, 0.25) is 0 Å². The van der Waals surface area contributed by atoms with Crippen molar-refractivity contribution in [1.82, 2.24) is 0 Å². The summed E-state index contributed by atoms with van der Waals surface area (Å²) in [6.45, 7) is 8.00. The molecule has 0 saturated heterocycles. The van der Waals surface area contributed by atoms with Crippen LogP contribution in [-0.2, 0) is 11.3 Å². The van der Waals surface area contributed by atoms with Crippen molar-refractivity contribution < 1.29 is 19.0 Å². The van der Waals surface area contributed by atoms with Gasteiger partial charge in [-0.05, 0) is 74.6 Å². The molecule has 2 rings (SSSR count). The van der Waals surface area contributed by atoms with Crippen molar-refractivity contribution in [1.29, 1.82) is 0 Å². The number of benzene rings is 2. The van der Waals surface area contributed by atoms with E-state index in [1.807, 2.05) is 55.5 Å². The molecule has 0 N–H and O–H groups in total. The van der Waals surface area contributed by atoms with Gasteiger partial charge in [-0.2, -0.15) is 0 Å². The predicted octanol–water partition coefficient (Wildman–Crippen LogP) is 5.67. The van der Waals surface area contributed by atoms with Gasteiger partial charge >= 0.3 is 0 Å². The summed E-state index contributed by atoms with van der Waals surface area (Å²) in [6, 6.07) is 12.1. The first-order valence-electron chi connectivity index (χ1n) is 10.4. The topological polar surface area (TPSA) is 49.3 Å². The Labute approximate surface area is 180 Å². The van der Waals surface area contributed by atoms with E-state index in [4.69, 9.17) is 14.2 Å². The summed E-state index contributed by atoms with van der Waals surface area (Å²) in [5.41, 5.74) is 3.33. The zero-order valence-electron chi connectivity index (χ0n) is 18.5. The molecule has 162 valence electrons. The minimum atomic E-state index is 0.583. The lowest BCUT2D eigenvalue weighted by Crippen LogP contribution is -2.05. The normalized spacial score (nSPS) is 11.2. The number of allylic oxidation sites excluding steroid dienone is 1. The number of ether oxygens (including phenoxy) is 3. The molecule has 0 atom stereocenters. The molecule has 2 aromatic rings. The molecule has 2 aromatic carbocycles. The van der Waals surface area contributed by atoms with Crippen LogP contribution in [0.5, 0.6) is 17.2 Å². The Morgan fingerprint density at radius 3 is 2.33 bits per heavy atom. The van der Waals surface area contributed by atoms with Gasteiger partial charge in [-0.3, -0.25) is 0 Å². The number of hydrogen-bond acceptors (Lipinski definition) is 5. The highest BCUT2D eigenvalue weighted by molar-refractivity contribution is 5.61. The second kappa shape index (κ2) is 13.3. The molecule has 0 aromatic heterocycles. The average Bonchev–Trinajstić information content (AvgIpc) is 2.73. The van der Waals surface area contributed by atoms with Gasteiger partial charge in [0.15, 0.2) is 0 Å². The molecule has 5 heteroatoms. The van der Waals surface area contributed by atoms with E-state index in [1.54, 1.807) is 6.21 Å². The maximum Gasteiger partial charge on any atom is 0.125 e. The van der Waals surface area contributed by atoms with Gasteiger partial charge in [-0.25, -0.2) is 0 Å². The maximum atomic E-state index is 6.02. The average molecular weight is 412 g/mol. The van der Waals surface area contributed by atoms with Gasteiger partial charge in [0.05, 0.1) is 13.2 Å². The molecule has 0 bridgehead atoms. The molecule has 0 aliphatic carbocycles. The van der Waals surface area contributed by atoms with E-state index in [-0.39, 0.29) is 0 Å². The van der Waals surface area contributed by atoms with E-state index in [9.17, 15) is 0 Å². The third-order valence-corrected chi connectivity index (χ3v) is 4.47. The van der Waals surface area contributed by atoms with Crippen LogP contribution in [0.2, 0.25) is 0 Å². The number of hydrogen-bond donors (Lipinski definition) is 0. The molecule has 0 fully saturated rings. The standard InChI is InChI=1S/C25H33NO4/c1-5-6-14-29-24-17-20(2)25(21(3)18-24)30-16-8-7-15-28-23-11-9-10-22(19-23)12-13-26-27-4/h5-6,9-11,13,17-19H,7-8,12,14-16H2,1-4H3/b6-5+,26-13?. The fourth-order valence-corrected chi connectivity index (χ4v) is 3.01. The summed E-state index contributed by atoms with van der Waals surface area (Å²) in [6.07, 6.45) is 8.28. The summed E-state index contributed by atoms with van der Waals surface area (Å²) in [7, 11) is 1.54. The summed E-state index contributed by atoms with van der Waals surface area (Å²) in [5.74, 6) is 2.69. The smallest absolute Gasteiger partial charge is 0.125 e. The van der Waals surface area contributed by atoms with Crippen LogP contribution in [0.15, 0.2) is 53.7 Å². The summed E-state index contributed by atoms with van der Waals surface area (Å²) in [5, 5.41) is 3.76. The first-order chi connectivity index (χ1) is 14.6. The zero-order chi connectivity index (χ0) is 21.6. The molecule has 0 heterocycles. The molecule has 0 saturated carbocycles. The van der Waals surface area contributed by atoms with Crippen molar-refractivity contribution in [3.05, 3.63) is 65.2 Å². The molecular formula is C25H33NO4. The van der Waals surface area contributed by atoms with E-state index >= 15 is 0 Å². The molecular weight excluding hydrogens is 378 g/mol. The van der Waals surface area contributed by atoms with Crippen LogP contribution >= 0.6 is 0 Å². The van der Waals surface area contributed by atoms with Crippen LogP contribution in [0.1, 0.15) is 36.5 Å². The first kappa shape index (κ1) is 23.3. The van der Waals surface area contributed by atoms with Crippen molar-refractivity contribution >= 4 is 6.21 Å². The van der Waals surface area contributed by atoms with Crippen molar-refractivity contribution in [3.63, 3.8) is 0 Å². The lowest BCUT2D eigenvalue weighted by atomic mass is 10.1. The molecule has 0 aliphatic rings. The van der Waals surface area contributed by atoms with Gasteiger partial charge in [0.25, 0.3) is 0 Å². The fraction of sp³-hybridized carbons (Fsp3) is 0.400. The second-order valence-corrected chi connectivity index (χ2v) is 6.99. The van der Waals surface area contributed by atoms with Crippen LogP contribution in [0.4, 0.5) is 0 Å². The molecule has 0 spiro atoms. The highest BCUT2D eigenvalue weighted by atomic mass is 16.6. The number of unbranched alkanes of at least 4 members (excludes halogenated alkanes) is 1. The van der Waals surface area contributed by atoms with Gasteiger partial charge in [0.1, 0.15) is 31.0 Å². The minimum Gasteiger partial charge on any atom is -0.494 e. The largest absolute Gasteiger partial charge is 0.494 e. The minimum absolute atomic E-state index is 0.583. The summed E-state index contributed by atoms with van der Waals surface area (Å²) < 4.78 is 17.6. The zero-order valence-corrected chi connectivity index (χ0v) is 18.5. The molecule has 0 amide bonds. The van der Waals surface area contributed by atoms with Crippen molar-refractivity contribution in [3.8, 4) is 17.2 Å². The van der Waals surface area contributed by atoms with E-state index < -0.39 is 0 Å². The number of nitrogens with zero attached hydrogens (tertiary/aromatic N) is 1. The highest BCUT2D eigenvalue weighted by Crippen LogP contribution is 2.28. The third kappa shape index (κ3) is 8.19. The number of aryl methyl sites for hydroxylation is 2. The maximum absolute atomic E-state index is 6.02. The Morgan fingerprint density at radius 2 is 1.63 bits per heavy atom. The first-order valence-corrected chi connectivity index (χ1v) is 10.4. The lowest BCUT2D eigenvalue weighted by molar-refractivity contribution is 0.215. The summed E-state index contributed by atoms with van der Waals surface area (Å²) in [4.78, 5) is 4.69. The van der Waals surface area contributed by atoms with Crippen LogP contribution in [-0.4, -0.2) is 33.1 Å². The molecule has 0 aliphatic heterocycles. The van der Waals surface area contributed by atoms with Gasteiger partial charge in [-0.1, -0.05) is 29.4 Å². The Balaban J connectivity index is 1.71. The number of oxime groups is 1. The van der Waals surface area contributed by atoms with Gasteiger partial charge < -0.3 is 19.0 Å². The quantitative estimate of drug-likeness (QED) is 0.184. The van der Waals surface area contributed by atoms with Crippen LogP contribution in [0.25, 0.3) is 0 Å². The van der Waals surface area contributed by atoms with E-state index in [0.29, 0.717) is 19.8 Å². The third-order valence-electron chi connectivity index (χ3n) is 4.47. The molecule has 30 heavy (non-hydrogen) atoms. The lowest BCUT2D eigenvalue weighted by Gasteiger charge is -2.14. The molecule has 0 unspecified atom stereocenters. The Morgan fingerprint density at radius 1 is 0.900 bits per heavy atom. The Kier molecular flexibility index (Phi) is 10.3. The Hall–Kier alpha value is -2.95. The second-order valence-electron chi connectivity index (χ2n) is 6.99. The van der Waals surface area contributed by atoms with Gasteiger partial charge in [-0.15, -0.1) is 0 Å². The highest BCUT2D eigenvalue weighted by Gasteiger charge is 2.07. The fourth-order valence-electron chi connectivity index (χ4n) is 3.01. The van der Waals surface area contributed by atoms with E-state index in [2.05, 4.69) is 23.8 Å². The number of rotatable bonds is 13. The van der Waals surface area contributed by atoms with Gasteiger partial charge in [0, 0.05) is 12.6 Å². The Bertz CT molecular complexity index is 807. The van der Waals surface area contributed by atoms with Crippen molar-refractivity contribution in [2.45, 2.75) is 40.0 Å².